The maximum Gasteiger partial charge on any atom is 0.345 e. The minimum Gasteiger partial charge on any atom is -0.462 e. The number of hydrogen-bond acceptors (Lipinski definition) is 6. The van der Waals surface area contributed by atoms with Gasteiger partial charge in [-0.1, -0.05) is 0 Å². The third kappa shape index (κ3) is 4.18. The Labute approximate surface area is 106 Å². The van der Waals surface area contributed by atoms with E-state index >= 15 is 0 Å². The number of esters is 3. The van der Waals surface area contributed by atoms with Crippen LogP contribution in [-0.2, 0) is 28.6 Å². The third-order valence-electron chi connectivity index (χ3n) is 1.88. The molecule has 0 aromatic rings. The molecule has 7 heteroatoms. The minimum atomic E-state index is -0.823. The molecule has 1 aliphatic rings. The first-order valence-electron chi connectivity index (χ1n) is 4.79. The summed E-state index contributed by atoms with van der Waals surface area (Å²) in [5.74, 6) is -1.61. The van der Waals surface area contributed by atoms with Crippen molar-refractivity contribution < 1.29 is 28.6 Å². The molecule has 0 aromatic carbocycles. The molecule has 0 spiro atoms. The summed E-state index contributed by atoms with van der Waals surface area (Å²) in [5.41, 5.74) is 0. The number of cyclic esters (lactones) is 1. The molecule has 0 fully saturated rings. The molecule has 0 radical (unpaired) electrons. The van der Waals surface area contributed by atoms with Gasteiger partial charge in [0.25, 0.3) is 0 Å². The Kier molecular flexibility index (Phi) is 4.68. The van der Waals surface area contributed by atoms with E-state index in [0.717, 1.165) is 0 Å². The van der Waals surface area contributed by atoms with E-state index in [1.165, 1.54) is 19.9 Å². The van der Waals surface area contributed by atoms with Gasteiger partial charge in [0.2, 0.25) is 0 Å². The van der Waals surface area contributed by atoms with Crippen LogP contribution in [0.3, 0.4) is 0 Å². The van der Waals surface area contributed by atoms with Gasteiger partial charge in [0.1, 0.15) is 11.1 Å². The molecule has 17 heavy (non-hydrogen) atoms. The van der Waals surface area contributed by atoms with Crippen molar-refractivity contribution in [2.24, 2.45) is 0 Å². The van der Waals surface area contributed by atoms with Crippen LogP contribution in [0, 0.1) is 0 Å². The van der Waals surface area contributed by atoms with Crippen LogP contribution >= 0.6 is 15.9 Å². The highest BCUT2D eigenvalue weighted by molar-refractivity contribution is 9.12. The minimum absolute atomic E-state index is 0.157. The highest BCUT2D eigenvalue weighted by Crippen LogP contribution is 2.21. The zero-order chi connectivity index (χ0) is 13.0. The highest BCUT2D eigenvalue weighted by Gasteiger charge is 2.33. The van der Waals surface area contributed by atoms with Crippen LogP contribution in [0.25, 0.3) is 0 Å². The summed E-state index contributed by atoms with van der Waals surface area (Å²) < 4.78 is 14.8. The molecular weight excluding hydrogens is 296 g/mol. The molecule has 0 bridgehead atoms. The van der Waals surface area contributed by atoms with E-state index in [9.17, 15) is 14.4 Å². The Morgan fingerprint density at radius 3 is 2.59 bits per heavy atom. The van der Waals surface area contributed by atoms with Crippen molar-refractivity contribution in [2.75, 3.05) is 6.61 Å². The number of carbonyl (C=O) groups is 3. The normalized spacial score (nSPS) is 23.5. The quantitative estimate of drug-likeness (QED) is 0.564. The van der Waals surface area contributed by atoms with Gasteiger partial charge in [0.15, 0.2) is 12.2 Å². The average molecular weight is 307 g/mol. The molecule has 2 atom stereocenters. The first-order chi connectivity index (χ1) is 7.90. The number of halogens is 1. The van der Waals surface area contributed by atoms with E-state index in [-0.39, 0.29) is 11.1 Å². The van der Waals surface area contributed by atoms with Crippen LogP contribution < -0.4 is 0 Å². The fourth-order valence-electron chi connectivity index (χ4n) is 1.21. The van der Waals surface area contributed by atoms with E-state index in [1.807, 2.05) is 0 Å². The Morgan fingerprint density at radius 2 is 2.06 bits per heavy atom. The van der Waals surface area contributed by atoms with Crippen molar-refractivity contribution in [1.82, 2.24) is 0 Å². The van der Waals surface area contributed by atoms with Gasteiger partial charge < -0.3 is 14.2 Å². The maximum atomic E-state index is 11.3. The van der Waals surface area contributed by atoms with E-state index in [1.54, 1.807) is 0 Å². The molecule has 1 heterocycles. The summed E-state index contributed by atoms with van der Waals surface area (Å²) in [4.78, 5) is 32.8. The molecular formula is C10H11BrO6. The molecule has 1 rings (SSSR count). The zero-order valence-electron chi connectivity index (χ0n) is 9.27. The second-order valence-electron chi connectivity index (χ2n) is 3.33. The van der Waals surface area contributed by atoms with Gasteiger partial charge in [-0.05, 0) is 22.0 Å². The van der Waals surface area contributed by atoms with Crippen LogP contribution in [0.15, 0.2) is 10.6 Å². The lowest BCUT2D eigenvalue weighted by Crippen LogP contribution is -2.40. The molecule has 0 saturated carbocycles. The van der Waals surface area contributed by atoms with Crippen molar-refractivity contribution in [2.45, 2.75) is 26.1 Å². The van der Waals surface area contributed by atoms with Crippen LogP contribution in [0.4, 0.5) is 0 Å². The molecule has 0 aromatic heterocycles. The van der Waals surface area contributed by atoms with Crippen LogP contribution in [0.1, 0.15) is 13.8 Å². The molecule has 94 valence electrons. The summed E-state index contributed by atoms with van der Waals surface area (Å²) in [7, 11) is 0. The predicted molar refractivity (Wildman–Crippen MR) is 59.1 cm³/mol. The molecule has 0 N–H and O–H groups in total. The lowest BCUT2D eigenvalue weighted by molar-refractivity contribution is -0.169. The Bertz CT molecular complexity index is 375. The number of hydrogen-bond donors (Lipinski definition) is 0. The standard InChI is InChI=1S/C10H11BrO6/c1-5(12)15-4-9-8(16-6(2)13)3-7(11)10(14)17-9/h3,8-9H,4H2,1-2H3/t8-,9+/m0/s1. The molecule has 1 aliphatic heterocycles. The van der Waals surface area contributed by atoms with Gasteiger partial charge in [-0.25, -0.2) is 4.79 Å². The van der Waals surface area contributed by atoms with Gasteiger partial charge in [-0.2, -0.15) is 0 Å². The zero-order valence-corrected chi connectivity index (χ0v) is 10.9. The molecule has 0 aliphatic carbocycles. The summed E-state index contributed by atoms with van der Waals surface area (Å²) in [6, 6.07) is 0. The Balaban J connectivity index is 2.74. The second kappa shape index (κ2) is 5.81. The highest BCUT2D eigenvalue weighted by atomic mass is 79.9. The smallest absolute Gasteiger partial charge is 0.345 e. The van der Waals surface area contributed by atoms with Gasteiger partial charge in [-0.3, -0.25) is 9.59 Å². The SMILES string of the molecule is CC(=O)OC[C@H]1OC(=O)C(Br)=C[C@@H]1OC(C)=O. The van der Waals surface area contributed by atoms with Crippen molar-refractivity contribution >= 4 is 33.8 Å². The Morgan fingerprint density at radius 1 is 1.41 bits per heavy atom. The van der Waals surface area contributed by atoms with E-state index in [4.69, 9.17) is 14.2 Å². The number of rotatable bonds is 3. The summed E-state index contributed by atoms with van der Waals surface area (Å²) in [5, 5.41) is 0. The summed E-state index contributed by atoms with van der Waals surface area (Å²) >= 11 is 2.98. The van der Waals surface area contributed by atoms with Crippen molar-refractivity contribution in [3.8, 4) is 0 Å². The number of ether oxygens (including phenoxy) is 3. The van der Waals surface area contributed by atoms with Crippen LogP contribution in [0.5, 0.6) is 0 Å². The predicted octanol–water partition coefficient (Wildman–Crippen LogP) is 0.685. The van der Waals surface area contributed by atoms with E-state index in [0.29, 0.717) is 0 Å². The van der Waals surface area contributed by atoms with E-state index in [2.05, 4.69) is 15.9 Å². The third-order valence-corrected chi connectivity index (χ3v) is 2.47. The molecule has 0 amide bonds. The summed E-state index contributed by atoms with van der Waals surface area (Å²) in [6.45, 7) is 2.31. The first kappa shape index (κ1) is 13.7. The topological polar surface area (TPSA) is 78.9 Å². The van der Waals surface area contributed by atoms with Crippen molar-refractivity contribution in [1.29, 1.82) is 0 Å². The second-order valence-corrected chi connectivity index (χ2v) is 4.19. The largest absolute Gasteiger partial charge is 0.462 e. The Hall–Kier alpha value is -1.37. The maximum absolute atomic E-state index is 11.3. The molecule has 6 nitrogen and oxygen atoms in total. The van der Waals surface area contributed by atoms with Crippen molar-refractivity contribution in [3.05, 3.63) is 10.6 Å². The molecule has 0 saturated heterocycles. The molecule has 0 unspecified atom stereocenters. The van der Waals surface area contributed by atoms with E-state index < -0.39 is 30.1 Å². The van der Waals surface area contributed by atoms with Crippen LogP contribution in [0.2, 0.25) is 0 Å². The van der Waals surface area contributed by atoms with Gasteiger partial charge >= 0.3 is 17.9 Å². The lowest BCUT2D eigenvalue weighted by Gasteiger charge is -2.27. The fourth-order valence-corrected chi connectivity index (χ4v) is 1.56. The average Bonchev–Trinajstić information content (AvgIpc) is 2.20. The van der Waals surface area contributed by atoms with Gasteiger partial charge in [0, 0.05) is 13.8 Å². The fraction of sp³-hybridized carbons (Fsp3) is 0.500. The monoisotopic (exact) mass is 306 g/mol. The lowest BCUT2D eigenvalue weighted by atomic mass is 10.1. The van der Waals surface area contributed by atoms with Gasteiger partial charge in [0.05, 0.1) is 0 Å². The van der Waals surface area contributed by atoms with Crippen molar-refractivity contribution in [3.63, 3.8) is 0 Å². The van der Waals surface area contributed by atoms with Gasteiger partial charge in [-0.15, -0.1) is 0 Å². The number of carbonyl (C=O) groups excluding carboxylic acids is 3. The first-order valence-corrected chi connectivity index (χ1v) is 5.58. The van der Waals surface area contributed by atoms with Crippen LogP contribution in [-0.4, -0.2) is 36.7 Å². The summed E-state index contributed by atoms with van der Waals surface area (Å²) in [6.07, 6.45) is -0.183.